The molecule has 2 aromatic heterocycles. The quantitative estimate of drug-likeness (QED) is 0.454. The van der Waals surface area contributed by atoms with E-state index in [1.54, 1.807) is 18.2 Å². The Morgan fingerprint density at radius 1 is 1.13 bits per heavy atom. The lowest BCUT2D eigenvalue weighted by Crippen LogP contribution is -2.39. The lowest BCUT2D eigenvalue weighted by Gasteiger charge is -2.39. The van der Waals surface area contributed by atoms with Crippen molar-refractivity contribution >= 4 is 31.6 Å². The molecule has 11 heteroatoms. The van der Waals surface area contributed by atoms with Crippen molar-refractivity contribution in [2.45, 2.75) is 30.2 Å². The number of H-pyrrole nitrogens is 1. The Balaban J connectivity index is 1.56. The molecule has 0 amide bonds. The number of alkyl halides is 2. The largest absolute Gasteiger partial charge is 0.338 e. The number of nitrogens with one attached hydrogen (secondary N) is 2. The standard InChI is InChI=1S/C19H21F2N3O4S2/c20-18(21)17-11-16-15(5-8-22-19(16)23-17)12-1-3-14(4-2-12)30(27,28)24-13-6-9-29(25,26)10-7-13/h1-5,8,11,13,18,24-26H,6-7,9-10H2,(H,22,23). The minimum Gasteiger partial charge on any atom is -0.338 e. The molecule has 0 saturated carbocycles. The van der Waals surface area contributed by atoms with Crippen LogP contribution in [0.3, 0.4) is 0 Å². The van der Waals surface area contributed by atoms with E-state index in [1.165, 1.54) is 24.4 Å². The summed E-state index contributed by atoms with van der Waals surface area (Å²) >= 11 is 0. The van der Waals surface area contributed by atoms with Crippen LogP contribution in [0, 0.1) is 0 Å². The Labute approximate surface area is 173 Å². The Morgan fingerprint density at radius 3 is 2.43 bits per heavy atom. The van der Waals surface area contributed by atoms with E-state index in [0.29, 0.717) is 35.0 Å². The van der Waals surface area contributed by atoms with Crippen molar-refractivity contribution in [3.8, 4) is 11.1 Å². The molecule has 1 saturated heterocycles. The number of pyridine rings is 1. The van der Waals surface area contributed by atoms with Crippen molar-refractivity contribution in [3.05, 3.63) is 48.3 Å². The van der Waals surface area contributed by atoms with Crippen molar-refractivity contribution in [1.29, 1.82) is 0 Å². The molecule has 4 N–H and O–H groups in total. The van der Waals surface area contributed by atoms with Gasteiger partial charge in [0.2, 0.25) is 10.0 Å². The predicted octanol–water partition coefficient (Wildman–Crippen LogP) is 4.36. The lowest BCUT2D eigenvalue weighted by molar-refractivity contribution is 0.147. The van der Waals surface area contributed by atoms with Gasteiger partial charge in [-0.05, 0) is 48.2 Å². The zero-order chi connectivity index (χ0) is 21.5. The van der Waals surface area contributed by atoms with Gasteiger partial charge < -0.3 is 4.98 Å². The third-order valence-electron chi connectivity index (χ3n) is 5.17. The molecule has 3 aromatic rings. The summed E-state index contributed by atoms with van der Waals surface area (Å²) in [6, 6.07) is 8.85. The number of hydrogen-bond donors (Lipinski definition) is 4. The number of nitrogens with zero attached hydrogens (tertiary/aromatic N) is 1. The summed E-state index contributed by atoms with van der Waals surface area (Å²) in [5.74, 6) is 0.378. The summed E-state index contributed by atoms with van der Waals surface area (Å²) in [6.45, 7) is 0. The molecule has 3 heterocycles. The molecule has 1 aliphatic rings. The third-order valence-corrected chi connectivity index (χ3v) is 8.49. The number of fused-ring (bicyclic) bond motifs is 1. The maximum absolute atomic E-state index is 13.0. The number of halogens is 2. The van der Waals surface area contributed by atoms with Crippen molar-refractivity contribution in [2.24, 2.45) is 0 Å². The first-order valence-electron chi connectivity index (χ1n) is 9.27. The Morgan fingerprint density at radius 2 is 1.80 bits per heavy atom. The van der Waals surface area contributed by atoms with Gasteiger partial charge in [0.15, 0.2) is 0 Å². The molecule has 7 nitrogen and oxygen atoms in total. The molecule has 1 aliphatic heterocycles. The molecule has 1 aromatic carbocycles. The molecular formula is C19H21F2N3O4S2. The smallest absolute Gasteiger partial charge is 0.278 e. The van der Waals surface area contributed by atoms with Crippen LogP contribution in [0.4, 0.5) is 8.78 Å². The summed E-state index contributed by atoms with van der Waals surface area (Å²) in [4.78, 5) is 6.74. The van der Waals surface area contributed by atoms with Crippen LogP contribution in [0.5, 0.6) is 0 Å². The van der Waals surface area contributed by atoms with Gasteiger partial charge in [0.1, 0.15) is 5.65 Å². The van der Waals surface area contributed by atoms with Crippen LogP contribution < -0.4 is 4.72 Å². The number of aromatic nitrogens is 2. The Bertz CT molecular complexity index is 1150. The monoisotopic (exact) mass is 457 g/mol. The second kappa shape index (κ2) is 7.89. The number of hydrogen-bond acceptors (Lipinski definition) is 5. The van der Waals surface area contributed by atoms with Gasteiger partial charge in [-0.1, -0.05) is 12.1 Å². The predicted molar refractivity (Wildman–Crippen MR) is 112 cm³/mol. The fourth-order valence-corrected chi connectivity index (χ4v) is 6.38. The molecule has 1 fully saturated rings. The van der Waals surface area contributed by atoms with Crippen LogP contribution in [-0.4, -0.2) is 45.0 Å². The van der Waals surface area contributed by atoms with Crippen molar-refractivity contribution in [2.75, 3.05) is 11.5 Å². The minimum absolute atomic E-state index is 0.0797. The summed E-state index contributed by atoms with van der Waals surface area (Å²) in [6.07, 6.45) is -0.402. The molecule has 0 atom stereocenters. The highest BCUT2D eigenvalue weighted by atomic mass is 32.3. The SMILES string of the molecule is O=S(=O)(NC1CCS(O)(O)CC1)c1ccc(-c2ccnc3[nH]c(C(F)F)cc23)cc1. The van der Waals surface area contributed by atoms with Crippen LogP contribution in [0.25, 0.3) is 22.2 Å². The van der Waals surface area contributed by atoms with E-state index in [-0.39, 0.29) is 28.1 Å². The number of sulfonamides is 1. The number of aromatic amines is 1. The number of benzene rings is 1. The van der Waals surface area contributed by atoms with Gasteiger partial charge in [-0.3, -0.25) is 9.11 Å². The highest BCUT2D eigenvalue weighted by Gasteiger charge is 2.28. The van der Waals surface area contributed by atoms with Gasteiger partial charge in [-0.25, -0.2) is 26.9 Å². The normalized spacial score (nSPS) is 18.7. The zero-order valence-corrected chi connectivity index (χ0v) is 17.4. The third kappa shape index (κ3) is 4.35. The first-order chi connectivity index (χ1) is 14.1. The molecule has 0 aliphatic carbocycles. The van der Waals surface area contributed by atoms with Crippen LogP contribution >= 0.6 is 10.6 Å². The van der Waals surface area contributed by atoms with E-state index < -0.39 is 27.0 Å². The van der Waals surface area contributed by atoms with Gasteiger partial charge in [0, 0.05) is 29.1 Å². The van der Waals surface area contributed by atoms with Crippen molar-refractivity contribution in [3.63, 3.8) is 0 Å². The van der Waals surface area contributed by atoms with Gasteiger partial charge in [0.05, 0.1) is 10.6 Å². The van der Waals surface area contributed by atoms with E-state index in [0.717, 1.165) is 0 Å². The van der Waals surface area contributed by atoms with Gasteiger partial charge >= 0.3 is 0 Å². The van der Waals surface area contributed by atoms with Crippen LogP contribution in [0.2, 0.25) is 0 Å². The van der Waals surface area contributed by atoms with Crippen molar-refractivity contribution in [1.82, 2.24) is 14.7 Å². The summed E-state index contributed by atoms with van der Waals surface area (Å²) in [5, 5.41) is 0.530. The fourth-order valence-electron chi connectivity index (χ4n) is 3.54. The molecule has 0 spiro atoms. The molecule has 4 rings (SSSR count). The second-order valence-electron chi connectivity index (χ2n) is 7.28. The van der Waals surface area contributed by atoms with E-state index in [4.69, 9.17) is 0 Å². The van der Waals surface area contributed by atoms with Gasteiger partial charge in [-0.2, -0.15) is 10.6 Å². The van der Waals surface area contributed by atoms with Crippen LogP contribution in [0.15, 0.2) is 47.5 Å². The minimum atomic E-state index is -3.77. The average molecular weight is 458 g/mol. The van der Waals surface area contributed by atoms with Gasteiger partial charge in [0.25, 0.3) is 6.43 Å². The second-order valence-corrected chi connectivity index (χ2v) is 11.4. The summed E-state index contributed by atoms with van der Waals surface area (Å²) < 4.78 is 73.3. The summed E-state index contributed by atoms with van der Waals surface area (Å²) in [5.41, 5.74) is 1.45. The van der Waals surface area contributed by atoms with Crippen LogP contribution in [0.1, 0.15) is 25.0 Å². The van der Waals surface area contributed by atoms with E-state index >= 15 is 0 Å². The molecule has 30 heavy (non-hydrogen) atoms. The zero-order valence-electron chi connectivity index (χ0n) is 15.8. The van der Waals surface area contributed by atoms with E-state index in [1.807, 2.05) is 0 Å². The lowest BCUT2D eigenvalue weighted by atomic mass is 10.0. The summed E-state index contributed by atoms with van der Waals surface area (Å²) in [7, 11) is -6.35. The maximum atomic E-state index is 13.0. The van der Waals surface area contributed by atoms with Crippen molar-refractivity contribution < 1.29 is 26.3 Å². The first kappa shape index (κ1) is 21.2. The maximum Gasteiger partial charge on any atom is 0.278 e. The molecule has 0 radical (unpaired) electrons. The van der Waals surface area contributed by atoms with Crippen LogP contribution in [-0.2, 0) is 10.0 Å². The van der Waals surface area contributed by atoms with E-state index in [9.17, 15) is 26.3 Å². The fraction of sp³-hybridized carbons (Fsp3) is 0.316. The molecule has 0 unspecified atom stereocenters. The molecular weight excluding hydrogens is 436 g/mol. The topological polar surface area (TPSA) is 115 Å². The Kier molecular flexibility index (Phi) is 5.58. The highest BCUT2D eigenvalue weighted by Crippen LogP contribution is 2.44. The Hall–Kier alpha value is -2.05. The first-order valence-corrected chi connectivity index (χ1v) is 12.6. The molecule has 0 bridgehead atoms. The number of rotatable bonds is 5. The molecule has 162 valence electrons. The van der Waals surface area contributed by atoms with Gasteiger partial charge in [-0.15, -0.1) is 0 Å². The average Bonchev–Trinajstić information content (AvgIpc) is 3.14. The highest BCUT2D eigenvalue weighted by molar-refractivity contribution is 8.24. The van der Waals surface area contributed by atoms with E-state index in [2.05, 4.69) is 14.7 Å².